The van der Waals surface area contributed by atoms with E-state index in [0.29, 0.717) is 12.5 Å². The third-order valence-corrected chi connectivity index (χ3v) is 4.28. The topological polar surface area (TPSA) is 36.8 Å². The molecular weight excluding hydrogens is 310 g/mol. The fraction of sp³-hybridized carbons (Fsp3) is 0.381. The highest BCUT2D eigenvalue weighted by Crippen LogP contribution is 2.23. The van der Waals surface area contributed by atoms with Gasteiger partial charge in [-0.1, -0.05) is 44.2 Å². The van der Waals surface area contributed by atoms with Crippen LogP contribution in [0.5, 0.6) is 0 Å². The van der Waals surface area contributed by atoms with Gasteiger partial charge in [-0.25, -0.2) is 0 Å². The van der Waals surface area contributed by atoms with E-state index < -0.39 is 0 Å². The van der Waals surface area contributed by atoms with Gasteiger partial charge in [-0.3, -0.25) is 4.79 Å². The molecule has 0 radical (unpaired) electrons. The van der Waals surface area contributed by atoms with Gasteiger partial charge in [-0.05, 0) is 29.7 Å². The SMILES string of the molecule is CC(C)c1ccccc1NC(=O)C[NH+](C)Cc1ccc(N(C)C)cc1. The summed E-state index contributed by atoms with van der Waals surface area (Å²) in [6.07, 6.45) is 0. The van der Waals surface area contributed by atoms with Gasteiger partial charge < -0.3 is 15.1 Å². The van der Waals surface area contributed by atoms with Gasteiger partial charge in [0.2, 0.25) is 0 Å². The number of para-hydroxylation sites is 1. The lowest BCUT2D eigenvalue weighted by Crippen LogP contribution is -3.08. The molecule has 0 heterocycles. The summed E-state index contributed by atoms with van der Waals surface area (Å²) < 4.78 is 0. The van der Waals surface area contributed by atoms with Gasteiger partial charge in [0.15, 0.2) is 6.54 Å². The average molecular weight is 340 g/mol. The number of nitrogens with one attached hydrogen (secondary N) is 2. The molecular formula is C21H30N3O+. The first-order chi connectivity index (χ1) is 11.9. The number of carbonyl (C=O) groups is 1. The number of carbonyl (C=O) groups excluding carboxylic acids is 1. The van der Waals surface area contributed by atoms with E-state index in [1.807, 2.05) is 39.3 Å². The molecule has 0 saturated heterocycles. The standard InChI is InChI=1S/C21H29N3O/c1-16(2)19-8-6-7-9-20(19)22-21(25)15-24(5)14-17-10-12-18(13-11-17)23(3)4/h6-13,16H,14-15H2,1-5H3,(H,22,25)/p+1. The van der Waals surface area contributed by atoms with Crippen molar-refractivity contribution in [3.8, 4) is 0 Å². The Bertz CT molecular complexity index is 693. The molecule has 0 spiro atoms. The summed E-state index contributed by atoms with van der Waals surface area (Å²) in [4.78, 5) is 15.6. The number of hydrogen-bond donors (Lipinski definition) is 2. The lowest BCUT2D eigenvalue weighted by Gasteiger charge is -2.17. The molecule has 0 aromatic heterocycles. The van der Waals surface area contributed by atoms with E-state index in [-0.39, 0.29) is 5.91 Å². The number of quaternary nitrogens is 1. The Hall–Kier alpha value is -2.33. The quantitative estimate of drug-likeness (QED) is 0.813. The molecule has 0 saturated carbocycles. The monoisotopic (exact) mass is 340 g/mol. The van der Waals surface area contributed by atoms with Crippen LogP contribution in [0.1, 0.15) is 30.9 Å². The van der Waals surface area contributed by atoms with Crippen LogP contribution in [0.3, 0.4) is 0 Å². The largest absolute Gasteiger partial charge is 0.378 e. The normalized spacial score (nSPS) is 12.1. The van der Waals surface area contributed by atoms with E-state index in [2.05, 4.69) is 54.4 Å². The zero-order valence-electron chi connectivity index (χ0n) is 16.0. The summed E-state index contributed by atoms with van der Waals surface area (Å²) in [5, 5.41) is 3.07. The molecule has 1 atom stereocenters. The fourth-order valence-corrected chi connectivity index (χ4v) is 2.91. The van der Waals surface area contributed by atoms with Crippen LogP contribution in [-0.4, -0.2) is 33.6 Å². The Kier molecular flexibility index (Phi) is 6.59. The molecule has 0 aliphatic heterocycles. The van der Waals surface area contributed by atoms with E-state index in [1.165, 1.54) is 16.8 Å². The molecule has 0 bridgehead atoms. The van der Waals surface area contributed by atoms with Crippen molar-refractivity contribution in [2.45, 2.75) is 26.3 Å². The summed E-state index contributed by atoms with van der Waals surface area (Å²) >= 11 is 0. The Morgan fingerprint density at radius 3 is 2.32 bits per heavy atom. The van der Waals surface area contributed by atoms with Crippen LogP contribution in [0.15, 0.2) is 48.5 Å². The van der Waals surface area contributed by atoms with Gasteiger partial charge >= 0.3 is 0 Å². The van der Waals surface area contributed by atoms with Crippen molar-refractivity contribution < 1.29 is 9.69 Å². The zero-order chi connectivity index (χ0) is 18.4. The molecule has 0 aliphatic rings. The lowest BCUT2D eigenvalue weighted by atomic mass is 10.0. The third kappa shape index (κ3) is 5.61. The minimum atomic E-state index is 0.0514. The molecule has 4 heteroatoms. The highest BCUT2D eigenvalue weighted by molar-refractivity contribution is 5.92. The number of nitrogens with zero attached hydrogens (tertiary/aromatic N) is 1. The maximum Gasteiger partial charge on any atom is 0.279 e. The summed E-state index contributed by atoms with van der Waals surface area (Å²) in [7, 11) is 6.12. The number of anilines is 2. The molecule has 2 aromatic rings. The van der Waals surface area contributed by atoms with Crippen molar-refractivity contribution >= 4 is 17.3 Å². The minimum Gasteiger partial charge on any atom is -0.378 e. The maximum atomic E-state index is 12.4. The maximum absolute atomic E-state index is 12.4. The predicted molar refractivity (Wildman–Crippen MR) is 105 cm³/mol. The molecule has 2 N–H and O–H groups in total. The Morgan fingerprint density at radius 1 is 1.08 bits per heavy atom. The lowest BCUT2D eigenvalue weighted by molar-refractivity contribution is -0.885. The van der Waals surface area contributed by atoms with Gasteiger partial charge in [0, 0.05) is 31.0 Å². The first-order valence-electron chi connectivity index (χ1n) is 8.83. The second kappa shape index (κ2) is 8.67. The second-order valence-electron chi connectivity index (χ2n) is 7.16. The van der Waals surface area contributed by atoms with E-state index in [0.717, 1.165) is 17.1 Å². The van der Waals surface area contributed by atoms with E-state index in [4.69, 9.17) is 0 Å². The number of rotatable bonds is 7. The summed E-state index contributed by atoms with van der Waals surface area (Å²) in [6, 6.07) is 16.5. The van der Waals surface area contributed by atoms with Crippen molar-refractivity contribution in [3.05, 3.63) is 59.7 Å². The minimum absolute atomic E-state index is 0.0514. The van der Waals surface area contributed by atoms with Crippen molar-refractivity contribution in [2.75, 3.05) is 37.9 Å². The summed E-state index contributed by atoms with van der Waals surface area (Å²) in [5.74, 6) is 0.437. The summed E-state index contributed by atoms with van der Waals surface area (Å²) in [5.41, 5.74) is 4.52. The number of hydrogen-bond acceptors (Lipinski definition) is 2. The van der Waals surface area contributed by atoms with Crippen molar-refractivity contribution in [3.63, 3.8) is 0 Å². The third-order valence-electron chi connectivity index (χ3n) is 4.28. The second-order valence-corrected chi connectivity index (χ2v) is 7.16. The first kappa shape index (κ1) is 19.0. The van der Waals surface area contributed by atoms with Gasteiger partial charge in [0.25, 0.3) is 5.91 Å². The van der Waals surface area contributed by atoms with Gasteiger partial charge in [0.05, 0.1) is 7.05 Å². The fourth-order valence-electron chi connectivity index (χ4n) is 2.91. The average Bonchev–Trinajstić information content (AvgIpc) is 2.55. The van der Waals surface area contributed by atoms with Crippen LogP contribution in [0.2, 0.25) is 0 Å². The molecule has 0 aliphatic carbocycles. The predicted octanol–water partition coefficient (Wildman–Crippen LogP) is 2.53. The number of amides is 1. The van der Waals surface area contributed by atoms with Crippen LogP contribution in [0.25, 0.3) is 0 Å². The smallest absolute Gasteiger partial charge is 0.279 e. The molecule has 25 heavy (non-hydrogen) atoms. The molecule has 134 valence electrons. The highest BCUT2D eigenvalue weighted by Gasteiger charge is 2.13. The zero-order valence-corrected chi connectivity index (χ0v) is 16.0. The van der Waals surface area contributed by atoms with Crippen molar-refractivity contribution in [1.82, 2.24) is 0 Å². The number of likely N-dealkylation sites (N-methyl/N-ethyl adjacent to an activating group) is 1. The molecule has 1 unspecified atom stereocenters. The molecule has 4 nitrogen and oxygen atoms in total. The van der Waals surface area contributed by atoms with Crippen LogP contribution >= 0.6 is 0 Å². The first-order valence-corrected chi connectivity index (χ1v) is 8.83. The molecule has 0 fully saturated rings. The Morgan fingerprint density at radius 2 is 1.72 bits per heavy atom. The van der Waals surface area contributed by atoms with E-state index >= 15 is 0 Å². The summed E-state index contributed by atoms with van der Waals surface area (Å²) in [6.45, 7) is 5.55. The Balaban J connectivity index is 1.92. The molecule has 1 amide bonds. The van der Waals surface area contributed by atoms with E-state index in [1.54, 1.807) is 0 Å². The Labute approximate surface area is 151 Å². The van der Waals surface area contributed by atoms with Gasteiger partial charge in [-0.15, -0.1) is 0 Å². The molecule has 2 rings (SSSR count). The van der Waals surface area contributed by atoms with Gasteiger partial charge in [-0.2, -0.15) is 0 Å². The highest BCUT2D eigenvalue weighted by atomic mass is 16.2. The number of benzene rings is 2. The van der Waals surface area contributed by atoms with Crippen molar-refractivity contribution in [2.24, 2.45) is 0 Å². The van der Waals surface area contributed by atoms with Crippen LogP contribution < -0.4 is 15.1 Å². The van der Waals surface area contributed by atoms with Crippen LogP contribution in [-0.2, 0) is 11.3 Å². The van der Waals surface area contributed by atoms with Gasteiger partial charge in [0.1, 0.15) is 6.54 Å². The van der Waals surface area contributed by atoms with Crippen molar-refractivity contribution in [1.29, 1.82) is 0 Å². The van der Waals surface area contributed by atoms with Crippen LogP contribution in [0.4, 0.5) is 11.4 Å². The van der Waals surface area contributed by atoms with E-state index in [9.17, 15) is 4.79 Å². The molecule has 2 aromatic carbocycles. The van der Waals surface area contributed by atoms with Crippen LogP contribution in [0, 0.1) is 0 Å².